The van der Waals surface area contributed by atoms with Gasteiger partial charge in [-0.2, -0.15) is 0 Å². The molecule has 0 radical (unpaired) electrons. The van der Waals surface area contributed by atoms with E-state index in [2.05, 4.69) is 0 Å². The molecule has 3 rings (SSSR count). The summed E-state index contributed by atoms with van der Waals surface area (Å²) in [6, 6.07) is 24.5. The van der Waals surface area contributed by atoms with Gasteiger partial charge in [0.15, 0.2) is 5.78 Å². The summed E-state index contributed by atoms with van der Waals surface area (Å²) in [5, 5.41) is 0. The lowest BCUT2D eigenvalue weighted by Crippen LogP contribution is -2.06. The minimum Gasteiger partial charge on any atom is -0.493 e. The van der Waals surface area contributed by atoms with Gasteiger partial charge in [0.25, 0.3) is 0 Å². The van der Waals surface area contributed by atoms with Crippen LogP contribution in [0, 0.1) is 6.92 Å². The third-order valence-corrected chi connectivity index (χ3v) is 4.06. The number of carbonyl (C=O) groups excluding carboxylic acids is 1. The number of rotatable bonds is 8. The second kappa shape index (κ2) is 8.86. The second-order valence-corrected chi connectivity index (χ2v) is 6.04. The summed E-state index contributed by atoms with van der Waals surface area (Å²) < 4.78 is 11.5. The van der Waals surface area contributed by atoms with Crippen molar-refractivity contribution < 1.29 is 14.3 Å². The first-order valence-electron chi connectivity index (χ1n) is 8.75. The average molecular weight is 346 g/mol. The monoisotopic (exact) mass is 346 g/mol. The van der Waals surface area contributed by atoms with E-state index in [1.807, 2.05) is 73.7 Å². The number of para-hydroxylation sites is 1. The topological polar surface area (TPSA) is 35.5 Å². The lowest BCUT2D eigenvalue weighted by Gasteiger charge is -2.10. The lowest BCUT2D eigenvalue weighted by atomic mass is 10.0. The van der Waals surface area contributed by atoms with Gasteiger partial charge in [0.2, 0.25) is 0 Å². The number of ether oxygens (including phenoxy) is 2. The molecule has 0 fully saturated rings. The Kier molecular flexibility index (Phi) is 6.05. The van der Waals surface area contributed by atoms with Gasteiger partial charge < -0.3 is 9.47 Å². The van der Waals surface area contributed by atoms with E-state index in [1.165, 1.54) is 0 Å². The van der Waals surface area contributed by atoms with Crippen molar-refractivity contribution in [1.29, 1.82) is 0 Å². The normalized spacial score (nSPS) is 10.3. The van der Waals surface area contributed by atoms with Gasteiger partial charge >= 0.3 is 0 Å². The van der Waals surface area contributed by atoms with Gasteiger partial charge in [-0.15, -0.1) is 0 Å². The Balaban J connectivity index is 1.45. The predicted octanol–water partition coefficient (Wildman–Crippen LogP) is 5.07. The highest BCUT2D eigenvalue weighted by Gasteiger charge is 2.08. The van der Waals surface area contributed by atoms with Crippen LogP contribution in [0.2, 0.25) is 0 Å². The minimum absolute atomic E-state index is 0.0174. The molecule has 0 saturated heterocycles. The van der Waals surface area contributed by atoms with Crippen molar-refractivity contribution in [2.75, 3.05) is 13.2 Å². The number of aryl methyl sites for hydroxylation is 1. The molecule has 0 saturated carbocycles. The van der Waals surface area contributed by atoms with Crippen LogP contribution in [0.15, 0.2) is 78.9 Å². The Morgan fingerprint density at radius 2 is 1.35 bits per heavy atom. The van der Waals surface area contributed by atoms with E-state index in [9.17, 15) is 4.79 Å². The van der Waals surface area contributed by atoms with E-state index in [4.69, 9.17) is 9.47 Å². The summed E-state index contributed by atoms with van der Waals surface area (Å²) in [6.45, 7) is 3.21. The van der Waals surface area contributed by atoms with Crippen molar-refractivity contribution in [2.45, 2.75) is 13.3 Å². The highest BCUT2D eigenvalue weighted by atomic mass is 16.5. The second-order valence-electron chi connectivity index (χ2n) is 6.04. The fourth-order valence-corrected chi connectivity index (χ4v) is 2.61. The zero-order chi connectivity index (χ0) is 18.2. The van der Waals surface area contributed by atoms with Gasteiger partial charge in [-0.25, -0.2) is 0 Å². The SMILES string of the molecule is Cc1ccccc1OCCCOc1ccc(C(=O)c2ccccc2)cc1. The Labute approximate surface area is 154 Å². The molecule has 0 atom stereocenters. The molecule has 3 heteroatoms. The van der Waals surface area contributed by atoms with Gasteiger partial charge in [-0.3, -0.25) is 4.79 Å². The summed E-state index contributed by atoms with van der Waals surface area (Å²) in [6.07, 6.45) is 0.791. The summed E-state index contributed by atoms with van der Waals surface area (Å²) in [5.41, 5.74) is 2.48. The summed E-state index contributed by atoms with van der Waals surface area (Å²) in [5.74, 6) is 1.69. The Bertz CT molecular complexity index is 839. The molecule has 0 N–H and O–H groups in total. The maximum absolute atomic E-state index is 12.4. The van der Waals surface area contributed by atoms with E-state index in [-0.39, 0.29) is 5.78 Å². The van der Waals surface area contributed by atoms with Crippen molar-refractivity contribution in [1.82, 2.24) is 0 Å². The first-order valence-corrected chi connectivity index (χ1v) is 8.75. The van der Waals surface area contributed by atoms with Gasteiger partial charge in [0.1, 0.15) is 11.5 Å². The highest BCUT2D eigenvalue weighted by molar-refractivity contribution is 6.08. The Morgan fingerprint density at radius 1 is 0.731 bits per heavy atom. The van der Waals surface area contributed by atoms with Gasteiger partial charge in [0, 0.05) is 17.5 Å². The van der Waals surface area contributed by atoms with Crippen LogP contribution in [0.5, 0.6) is 11.5 Å². The van der Waals surface area contributed by atoms with Crippen LogP contribution in [-0.2, 0) is 0 Å². The first kappa shape index (κ1) is 17.7. The molecule has 0 heterocycles. The molecule has 0 amide bonds. The van der Waals surface area contributed by atoms with Gasteiger partial charge in [-0.05, 0) is 42.8 Å². The van der Waals surface area contributed by atoms with Crippen LogP contribution in [0.4, 0.5) is 0 Å². The smallest absolute Gasteiger partial charge is 0.193 e. The van der Waals surface area contributed by atoms with Crippen molar-refractivity contribution in [3.63, 3.8) is 0 Å². The van der Waals surface area contributed by atoms with Gasteiger partial charge in [0.05, 0.1) is 13.2 Å². The molecule has 0 bridgehead atoms. The predicted molar refractivity (Wildman–Crippen MR) is 103 cm³/mol. The first-order chi connectivity index (χ1) is 12.7. The zero-order valence-corrected chi connectivity index (χ0v) is 14.9. The van der Waals surface area contributed by atoms with Crippen molar-refractivity contribution >= 4 is 5.78 Å². The average Bonchev–Trinajstić information content (AvgIpc) is 2.70. The number of carbonyl (C=O) groups is 1. The van der Waals surface area contributed by atoms with Crippen molar-refractivity contribution in [3.8, 4) is 11.5 Å². The number of hydrogen-bond acceptors (Lipinski definition) is 3. The van der Waals surface area contributed by atoms with E-state index in [1.54, 1.807) is 12.1 Å². The molecule has 0 spiro atoms. The minimum atomic E-state index is 0.0174. The van der Waals surface area contributed by atoms with Crippen LogP contribution in [0.1, 0.15) is 27.9 Å². The summed E-state index contributed by atoms with van der Waals surface area (Å²) >= 11 is 0. The van der Waals surface area contributed by atoms with E-state index < -0.39 is 0 Å². The molecule has 0 unspecified atom stereocenters. The number of hydrogen-bond donors (Lipinski definition) is 0. The molecule has 0 aliphatic heterocycles. The molecule has 0 aliphatic carbocycles. The molecule has 3 aromatic carbocycles. The number of benzene rings is 3. The van der Waals surface area contributed by atoms with E-state index in [0.717, 1.165) is 23.5 Å². The van der Waals surface area contributed by atoms with Crippen LogP contribution in [0.25, 0.3) is 0 Å². The lowest BCUT2D eigenvalue weighted by molar-refractivity contribution is 0.103. The number of ketones is 1. The van der Waals surface area contributed by atoms with Crippen LogP contribution < -0.4 is 9.47 Å². The molecule has 132 valence electrons. The zero-order valence-electron chi connectivity index (χ0n) is 14.9. The van der Waals surface area contributed by atoms with Crippen molar-refractivity contribution in [2.24, 2.45) is 0 Å². The third kappa shape index (κ3) is 4.73. The summed E-state index contributed by atoms with van der Waals surface area (Å²) in [7, 11) is 0. The molecule has 3 nitrogen and oxygen atoms in total. The van der Waals surface area contributed by atoms with Gasteiger partial charge in [-0.1, -0.05) is 48.5 Å². The van der Waals surface area contributed by atoms with E-state index >= 15 is 0 Å². The quantitative estimate of drug-likeness (QED) is 0.422. The maximum Gasteiger partial charge on any atom is 0.193 e. The molecule has 3 aromatic rings. The molecular formula is C23H22O3. The largest absolute Gasteiger partial charge is 0.493 e. The fourth-order valence-electron chi connectivity index (χ4n) is 2.61. The van der Waals surface area contributed by atoms with Crippen LogP contribution in [-0.4, -0.2) is 19.0 Å². The molecule has 0 aliphatic rings. The third-order valence-electron chi connectivity index (χ3n) is 4.06. The molecule has 26 heavy (non-hydrogen) atoms. The van der Waals surface area contributed by atoms with Crippen LogP contribution in [0.3, 0.4) is 0 Å². The Morgan fingerprint density at radius 3 is 2.08 bits per heavy atom. The standard InChI is InChI=1S/C23H22O3/c1-18-8-5-6-11-22(18)26-17-7-16-25-21-14-12-20(13-15-21)23(24)19-9-3-2-4-10-19/h2-6,8-15H,7,16-17H2,1H3. The van der Waals surface area contributed by atoms with Crippen LogP contribution >= 0.6 is 0 Å². The molecular weight excluding hydrogens is 324 g/mol. The maximum atomic E-state index is 12.4. The molecule has 0 aromatic heterocycles. The van der Waals surface area contributed by atoms with Crippen molar-refractivity contribution in [3.05, 3.63) is 95.6 Å². The summed E-state index contributed by atoms with van der Waals surface area (Å²) in [4.78, 5) is 12.4. The Hall–Kier alpha value is -3.07. The van der Waals surface area contributed by atoms with E-state index in [0.29, 0.717) is 24.3 Å². The highest BCUT2D eigenvalue weighted by Crippen LogP contribution is 2.17. The fraction of sp³-hybridized carbons (Fsp3) is 0.174.